The summed E-state index contributed by atoms with van der Waals surface area (Å²) < 4.78 is 47.5. The highest BCUT2D eigenvalue weighted by Gasteiger charge is 2.31. The van der Waals surface area contributed by atoms with Crippen molar-refractivity contribution < 1.29 is 22.6 Å². The molecule has 0 spiro atoms. The molecule has 0 saturated carbocycles. The molecule has 0 amide bonds. The van der Waals surface area contributed by atoms with Gasteiger partial charge in [-0.05, 0) is 18.2 Å². The summed E-state index contributed by atoms with van der Waals surface area (Å²) in [6, 6.07) is 7.23. The third-order valence-corrected chi connectivity index (χ3v) is 3.10. The zero-order valence-electron chi connectivity index (χ0n) is 13.4. The molecular weight excluding hydrogens is 353 g/mol. The van der Waals surface area contributed by atoms with Crippen molar-refractivity contribution in [3.05, 3.63) is 48.4 Å². The average molecular weight is 366 g/mol. The molecule has 3 rings (SSSR count). The van der Waals surface area contributed by atoms with Gasteiger partial charge in [0.2, 0.25) is 0 Å². The lowest BCUT2D eigenvalue weighted by Crippen LogP contribution is -2.17. The second kappa shape index (κ2) is 7.25. The Hall–Kier alpha value is -3.37. The fraction of sp³-hybridized carbons (Fsp3) is 0.200. The molecule has 0 aliphatic heterocycles. The zero-order chi connectivity index (χ0) is 18.6. The van der Waals surface area contributed by atoms with Gasteiger partial charge in [-0.3, -0.25) is 0 Å². The lowest BCUT2D eigenvalue weighted by Gasteiger charge is -2.09. The summed E-state index contributed by atoms with van der Waals surface area (Å²) in [4.78, 5) is 8.06. The Bertz CT molecular complexity index is 884. The monoisotopic (exact) mass is 366 g/mol. The second-order valence-electron chi connectivity index (χ2n) is 4.96. The molecule has 3 aromatic rings. The molecule has 0 radical (unpaired) electrons. The summed E-state index contributed by atoms with van der Waals surface area (Å²) in [5, 5.41) is 10.6. The number of aromatic nitrogens is 5. The molecule has 26 heavy (non-hydrogen) atoms. The van der Waals surface area contributed by atoms with Crippen LogP contribution in [0.15, 0.2) is 42.7 Å². The first-order valence-electron chi connectivity index (χ1n) is 7.34. The Kier molecular flexibility index (Phi) is 4.87. The van der Waals surface area contributed by atoms with Crippen LogP contribution in [0.1, 0.15) is 5.69 Å². The van der Waals surface area contributed by atoms with Crippen LogP contribution in [0.25, 0.3) is 5.69 Å². The topological polar surface area (TPSA) is 87.0 Å². The quantitative estimate of drug-likeness (QED) is 0.717. The summed E-state index contributed by atoms with van der Waals surface area (Å²) in [7, 11) is 1.72. The van der Waals surface area contributed by atoms with Gasteiger partial charge in [0, 0.05) is 19.3 Å². The van der Waals surface area contributed by atoms with Gasteiger partial charge in [0.15, 0.2) is 0 Å². The van der Waals surface area contributed by atoms with E-state index in [1.165, 1.54) is 35.3 Å². The molecule has 11 heteroatoms. The third-order valence-electron chi connectivity index (χ3n) is 3.10. The third kappa shape index (κ3) is 4.59. The van der Waals surface area contributed by atoms with Crippen molar-refractivity contribution in [2.45, 2.75) is 13.0 Å². The first kappa shape index (κ1) is 17.5. The molecule has 0 atom stereocenters. The van der Waals surface area contributed by atoms with Crippen LogP contribution in [-0.4, -0.2) is 38.4 Å². The number of hydrogen-bond donors (Lipinski definition) is 1. The van der Waals surface area contributed by atoms with Gasteiger partial charge >= 0.3 is 12.4 Å². The highest BCUT2D eigenvalue weighted by Crippen LogP contribution is 2.24. The molecule has 0 bridgehead atoms. The lowest BCUT2D eigenvalue weighted by atomic mass is 10.3. The van der Waals surface area contributed by atoms with Gasteiger partial charge in [0.05, 0.1) is 11.9 Å². The first-order valence-corrected chi connectivity index (χ1v) is 7.34. The van der Waals surface area contributed by atoms with Crippen molar-refractivity contribution in [2.75, 3.05) is 12.4 Å². The van der Waals surface area contributed by atoms with Crippen LogP contribution in [0.4, 0.5) is 19.0 Å². The summed E-state index contributed by atoms with van der Waals surface area (Å²) in [5.41, 5.74) is 0.810. The van der Waals surface area contributed by atoms with E-state index in [9.17, 15) is 13.2 Å². The number of alkyl halides is 3. The van der Waals surface area contributed by atoms with E-state index >= 15 is 0 Å². The number of benzene rings is 1. The number of rotatable bonds is 6. The Morgan fingerprint density at radius 3 is 2.85 bits per heavy atom. The summed E-state index contributed by atoms with van der Waals surface area (Å²) >= 11 is 0. The number of ether oxygens (including phenoxy) is 2. The SMILES string of the molecule is CNc1ccnc(OCc2cn(-c3cccc(OC(F)(F)F)c3)nn2)n1. The largest absolute Gasteiger partial charge is 0.573 e. The van der Waals surface area contributed by atoms with Crippen molar-refractivity contribution in [2.24, 2.45) is 0 Å². The predicted octanol–water partition coefficient (Wildman–Crippen LogP) is 2.58. The molecule has 1 aromatic carbocycles. The highest BCUT2D eigenvalue weighted by atomic mass is 19.4. The molecule has 2 heterocycles. The van der Waals surface area contributed by atoms with Gasteiger partial charge in [-0.25, -0.2) is 9.67 Å². The first-order chi connectivity index (χ1) is 12.4. The van der Waals surface area contributed by atoms with Crippen LogP contribution >= 0.6 is 0 Å². The Labute approximate surface area is 145 Å². The van der Waals surface area contributed by atoms with Gasteiger partial charge < -0.3 is 14.8 Å². The van der Waals surface area contributed by atoms with E-state index in [1.807, 2.05) is 0 Å². The minimum absolute atomic E-state index is 0.0475. The van der Waals surface area contributed by atoms with Gasteiger partial charge in [-0.15, -0.1) is 18.3 Å². The summed E-state index contributed by atoms with van der Waals surface area (Å²) in [5.74, 6) is 0.251. The van der Waals surface area contributed by atoms with E-state index in [4.69, 9.17) is 4.74 Å². The van der Waals surface area contributed by atoms with Crippen molar-refractivity contribution in [1.29, 1.82) is 0 Å². The molecular formula is C15H13F3N6O2. The van der Waals surface area contributed by atoms with E-state index in [-0.39, 0.29) is 18.4 Å². The van der Waals surface area contributed by atoms with Crippen LogP contribution in [0, 0.1) is 0 Å². The van der Waals surface area contributed by atoms with Crippen LogP contribution in [0.5, 0.6) is 11.8 Å². The summed E-state index contributed by atoms with van der Waals surface area (Å²) in [6.45, 7) is 0.0475. The van der Waals surface area contributed by atoms with Crippen molar-refractivity contribution >= 4 is 5.82 Å². The fourth-order valence-electron chi connectivity index (χ4n) is 2.00. The van der Waals surface area contributed by atoms with E-state index in [0.29, 0.717) is 17.2 Å². The molecule has 0 unspecified atom stereocenters. The molecule has 0 fully saturated rings. The Morgan fingerprint density at radius 1 is 1.23 bits per heavy atom. The normalized spacial score (nSPS) is 11.2. The highest BCUT2D eigenvalue weighted by molar-refractivity contribution is 5.38. The van der Waals surface area contributed by atoms with Gasteiger partial charge in [-0.1, -0.05) is 11.3 Å². The van der Waals surface area contributed by atoms with Crippen LogP contribution < -0.4 is 14.8 Å². The molecule has 136 valence electrons. The van der Waals surface area contributed by atoms with Crippen molar-refractivity contribution in [3.63, 3.8) is 0 Å². The van der Waals surface area contributed by atoms with Gasteiger partial charge in [0.1, 0.15) is 23.9 Å². The van der Waals surface area contributed by atoms with Gasteiger partial charge in [0.25, 0.3) is 0 Å². The molecule has 8 nitrogen and oxygen atoms in total. The summed E-state index contributed by atoms with van der Waals surface area (Å²) in [6.07, 6.45) is -1.70. The van der Waals surface area contributed by atoms with Gasteiger partial charge in [-0.2, -0.15) is 4.98 Å². The lowest BCUT2D eigenvalue weighted by molar-refractivity contribution is -0.274. The smallest absolute Gasteiger partial charge is 0.457 e. The van der Waals surface area contributed by atoms with Crippen molar-refractivity contribution in [1.82, 2.24) is 25.0 Å². The minimum Gasteiger partial charge on any atom is -0.457 e. The molecule has 0 aliphatic carbocycles. The standard InChI is InChI=1S/C15H13F3N6O2/c1-19-13-5-6-20-14(21-13)25-9-10-8-24(23-22-10)11-3-2-4-12(7-11)26-15(16,17)18/h2-8H,9H2,1H3,(H,19,20,21). The fourth-order valence-corrected chi connectivity index (χ4v) is 2.00. The maximum Gasteiger partial charge on any atom is 0.573 e. The Balaban J connectivity index is 1.68. The maximum atomic E-state index is 12.3. The van der Waals surface area contributed by atoms with Crippen LogP contribution in [-0.2, 0) is 6.61 Å². The molecule has 0 aliphatic rings. The minimum atomic E-state index is -4.76. The maximum absolute atomic E-state index is 12.3. The number of halogens is 3. The Morgan fingerprint density at radius 2 is 2.08 bits per heavy atom. The zero-order valence-corrected chi connectivity index (χ0v) is 13.4. The second-order valence-corrected chi connectivity index (χ2v) is 4.96. The molecule has 0 saturated heterocycles. The number of nitrogens with one attached hydrogen (secondary N) is 1. The molecule has 1 N–H and O–H groups in total. The van der Waals surface area contributed by atoms with E-state index in [1.54, 1.807) is 19.2 Å². The van der Waals surface area contributed by atoms with Crippen molar-refractivity contribution in [3.8, 4) is 17.4 Å². The number of nitrogens with zero attached hydrogens (tertiary/aromatic N) is 5. The van der Waals surface area contributed by atoms with Crippen LogP contribution in [0.2, 0.25) is 0 Å². The predicted molar refractivity (Wildman–Crippen MR) is 84.0 cm³/mol. The average Bonchev–Trinajstić information content (AvgIpc) is 3.08. The van der Waals surface area contributed by atoms with E-state index in [2.05, 4.69) is 30.3 Å². The number of anilines is 1. The van der Waals surface area contributed by atoms with E-state index in [0.717, 1.165) is 0 Å². The van der Waals surface area contributed by atoms with E-state index < -0.39 is 6.36 Å². The number of hydrogen-bond acceptors (Lipinski definition) is 7. The van der Waals surface area contributed by atoms with Crippen LogP contribution in [0.3, 0.4) is 0 Å². The molecule has 2 aromatic heterocycles.